The molecule has 0 bridgehead atoms. The molecule has 1 N–H and O–H groups in total. The number of methoxy groups -OCH3 is 1. The molecular formula is C14H30N2O3. The van der Waals surface area contributed by atoms with Crippen molar-refractivity contribution in [2.75, 3.05) is 40.0 Å². The largest absolute Gasteiger partial charge is 0.465 e. The molecule has 0 rings (SSSR count). The van der Waals surface area contributed by atoms with E-state index in [1.807, 2.05) is 20.8 Å². The van der Waals surface area contributed by atoms with Crippen LogP contribution in [0.4, 0.5) is 0 Å². The molecule has 0 aliphatic carbocycles. The average Bonchev–Trinajstić information content (AvgIpc) is 2.36. The lowest BCUT2D eigenvalue weighted by atomic mass is 10.0. The van der Waals surface area contributed by atoms with Gasteiger partial charge in [-0.05, 0) is 33.9 Å². The quantitative estimate of drug-likeness (QED) is 0.608. The van der Waals surface area contributed by atoms with Gasteiger partial charge in [0.2, 0.25) is 0 Å². The number of hydrogen-bond acceptors (Lipinski definition) is 5. The summed E-state index contributed by atoms with van der Waals surface area (Å²) >= 11 is 0. The minimum absolute atomic E-state index is 0.195. The van der Waals surface area contributed by atoms with Crippen molar-refractivity contribution in [2.45, 2.75) is 46.2 Å². The van der Waals surface area contributed by atoms with Crippen molar-refractivity contribution < 1.29 is 14.3 Å². The molecule has 0 saturated carbocycles. The standard InChI is InChI=1S/C14H30N2O3/c1-7-15-14(5,13(17)19-9-3)11-16(8-2)12(4)10-18-6/h12,15H,7-11H2,1-6H3. The number of nitrogens with one attached hydrogen (secondary N) is 1. The van der Waals surface area contributed by atoms with Gasteiger partial charge in [-0.25, -0.2) is 0 Å². The van der Waals surface area contributed by atoms with Crippen molar-refractivity contribution in [1.29, 1.82) is 0 Å². The van der Waals surface area contributed by atoms with Gasteiger partial charge in [-0.3, -0.25) is 9.69 Å². The zero-order chi connectivity index (χ0) is 14.9. The Morgan fingerprint density at radius 3 is 2.42 bits per heavy atom. The summed E-state index contributed by atoms with van der Waals surface area (Å²) < 4.78 is 10.4. The molecule has 0 heterocycles. The maximum Gasteiger partial charge on any atom is 0.327 e. The second-order valence-corrected chi connectivity index (χ2v) is 4.95. The number of esters is 1. The Balaban J connectivity index is 4.82. The first-order valence-corrected chi connectivity index (χ1v) is 7.10. The van der Waals surface area contributed by atoms with E-state index in [2.05, 4.69) is 24.1 Å². The Labute approximate surface area is 117 Å². The molecule has 0 aliphatic heterocycles. The summed E-state index contributed by atoms with van der Waals surface area (Å²) in [6, 6.07) is 0.266. The highest BCUT2D eigenvalue weighted by molar-refractivity contribution is 5.80. The molecule has 0 saturated heterocycles. The third-order valence-electron chi connectivity index (χ3n) is 3.25. The van der Waals surface area contributed by atoms with Crippen molar-refractivity contribution in [2.24, 2.45) is 0 Å². The summed E-state index contributed by atoms with van der Waals surface area (Å²) in [6.07, 6.45) is 0. The Morgan fingerprint density at radius 2 is 2.00 bits per heavy atom. The van der Waals surface area contributed by atoms with Crippen molar-refractivity contribution in [3.63, 3.8) is 0 Å². The Kier molecular flexibility index (Phi) is 8.97. The first-order valence-electron chi connectivity index (χ1n) is 7.10. The molecule has 2 atom stereocenters. The van der Waals surface area contributed by atoms with Crippen molar-refractivity contribution in [3.8, 4) is 0 Å². The number of hydrogen-bond donors (Lipinski definition) is 1. The summed E-state index contributed by atoms with van der Waals surface area (Å²) in [7, 11) is 1.69. The van der Waals surface area contributed by atoms with Crippen LogP contribution in [0.2, 0.25) is 0 Å². The molecule has 0 aromatic heterocycles. The molecular weight excluding hydrogens is 244 g/mol. The molecule has 0 radical (unpaired) electrons. The van der Waals surface area contributed by atoms with Gasteiger partial charge in [-0.2, -0.15) is 0 Å². The van der Waals surface area contributed by atoms with Crippen LogP contribution in [0.25, 0.3) is 0 Å². The second-order valence-electron chi connectivity index (χ2n) is 4.95. The van der Waals surface area contributed by atoms with Gasteiger partial charge in [0, 0.05) is 19.7 Å². The van der Waals surface area contributed by atoms with Crippen LogP contribution in [0.1, 0.15) is 34.6 Å². The van der Waals surface area contributed by atoms with Gasteiger partial charge in [0.15, 0.2) is 0 Å². The van der Waals surface area contributed by atoms with Gasteiger partial charge in [-0.15, -0.1) is 0 Å². The highest BCUT2D eigenvalue weighted by Gasteiger charge is 2.36. The smallest absolute Gasteiger partial charge is 0.327 e. The van der Waals surface area contributed by atoms with E-state index >= 15 is 0 Å². The molecule has 0 amide bonds. The maximum atomic E-state index is 12.1. The van der Waals surface area contributed by atoms with Crippen LogP contribution in [0.3, 0.4) is 0 Å². The Bertz CT molecular complexity index is 261. The van der Waals surface area contributed by atoms with Gasteiger partial charge < -0.3 is 14.8 Å². The fourth-order valence-electron chi connectivity index (χ4n) is 2.21. The lowest BCUT2D eigenvalue weighted by Gasteiger charge is -2.36. The summed E-state index contributed by atoms with van der Waals surface area (Å²) in [5.74, 6) is -0.195. The fraction of sp³-hybridized carbons (Fsp3) is 0.929. The maximum absolute atomic E-state index is 12.1. The van der Waals surface area contributed by atoms with Crippen LogP contribution in [0.5, 0.6) is 0 Å². The molecule has 0 fully saturated rings. The summed E-state index contributed by atoms with van der Waals surface area (Å²) in [4.78, 5) is 14.4. The summed E-state index contributed by atoms with van der Waals surface area (Å²) in [5, 5.41) is 3.25. The summed E-state index contributed by atoms with van der Waals surface area (Å²) in [5.41, 5.74) is -0.678. The first kappa shape index (κ1) is 18.4. The zero-order valence-corrected chi connectivity index (χ0v) is 13.3. The number of carbonyl (C=O) groups is 1. The molecule has 0 aromatic carbocycles. The van der Waals surface area contributed by atoms with Crippen LogP contribution in [0, 0.1) is 0 Å². The van der Waals surface area contributed by atoms with Crippen LogP contribution in [-0.4, -0.2) is 62.4 Å². The van der Waals surface area contributed by atoms with Crippen LogP contribution in [-0.2, 0) is 14.3 Å². The normalized spacial score (nSPS) is 16.2. The third-order valence-corrected chi connectivity index (χ3v) is 3.25. The van der Waals surface area contributed by atoms with Crippen molar-refractivity contribution >= 4 is 5.97 Å². The van der Waals surface area contributed by atoms with Gasteiger partial charge in [0.25, 0.3) is 0 Å². The Hall–Kier alpha value is -0.650. The predicted molar refractivity (Wildman–Crippen MR) is 77.3 cm³/mol. The number of nitrogens with zero attached hydrogens (tertiary/aromatic N) is 1. The van der Waals surface area contributed by atoms with Gasteiger partial charge >= 0.3 is 5.97 Å². The van der Waals surface area contributed by atoms with E-state index in [4.69, 9.17) is 9.47 Å². The highest BCUT2D eigenvalue weighted by Crippen LogP contribution is 2.12. The summed E-state index contributed by atoms with van der Waals surface area (Å²) in [6.45, 7) is 13.2. The second kappa shape index (κ2) is 9.28. The van der Waals surface area contributed by atoms with Gasteiger partial charge in [0.05, 0.1) is 13.2 Å². The Morgan fingerprint density at radius 1 is 1.37 bits per heavy atom. The van der Waals surface area contributed by atoms with Crippen LogP contribution < -0.4 is 5.32 Å². The highest BCUT2D eigenvalue weighted by atomic mass is 16.5. The molecule has 0 aromatic rings. The van der Waals surface area contributed by atoms with Crippen molar-refractivity contribution in [1.82, 2.24) is 10.2 Å². The van der Waals surface area contributed by atoms with E-state index in [0.29, 0.717) is 19.8 Å². The lowest BCUT2D eigenvalue weighted by Crippen LogP contribution is -2.59. The van der Waals surface area contributed by atoms with Gasteiger partial charge in [0.1, 0.15) is 5.54 Å². The number of carbonyl (C=O) groups excluding carboxylic acids is 1. The predicted octanol–water partition coefficient (Wildman–Crippen LogP) is 1.27. The van der Waals surface area contributed by atoms with E-state index in [1.54, 1.807) is 7.11 Å². The molecule has 0 aliphatic rings. The molecule has 19 heavy (non-hydrogen) atoms. The van der Waals surface area contributed by atoms with E-state index in [9.17, 15) is 4.79 Å². The monoisotopic (exact) mass is 274 g/mol. The molecule has 0 spiro atoms. The topological polar surface area (TPSA) is 50.8 Å². The van der Waals surface area contributed by atoms with E-state index in [0.717, 1.165) is 13.1 Å². The molecule has 2 unspecified atom stereocenters. The zero-order valence-electron chi connectivity index (χ0n) is 13.3. The average molecular weight is 274 g/mol. The van der Waals surface area contributed by atoms with Crippen molar-refractivity contribution in [3.05, 3.63) is 0 Å². The SMILES string of the molecule is CCNC(C)(CN(CC)C(C)COC)C(=O)OCC. The molecule has 5 heteroatoms. The van der Waals surface area contributed by atoms with Crippen LogP contribution in [0.15, 0.2) is 0 Å². The number of rotatable bonds is 10. The minimum atomic E-state index is -0.678. The fourth-order valence-corrected chi connectivity index (χ4v) is 2.21. The van der Waals surface area contributed by atoms with E-state index in [1.165, 1.54) is 0 Å². The minimum Gasteiger partial charge on any atom is -0.465 e. The van der Waals surface area contributed by atoms with E-state index < -0.39 is 5.54 Å². The third kappa shape index (κ3) is 5.89. The number of likely N-dealkylation sites (N-methyl/N-ethyl adjacent to an activating group) is 2. The molecule has 114 valence electrons. The van der Waals surface area contributed by atoms with E-state index in [-0.39, 0.29) is 12.0 Å². The number of ether oxygens (including phenoxy) is 2. The first-order chi connectivity index (χ1) is 8.95. The van der Waals surface area contributed by atoms with Gasteiger partial charge in [-0.1, -0.05) is 13.8 Å². The lowest BCUT2D eigenvalue weighted by molar-refractivity contribution is -0.151. The van der Waals surface area contributed by atoms with Crippen LogP contribution >= 0.6 is 0 Å². The molecule has 5 nitrogen and oxygen atoms in total.